The van der Waals surface area contributed by atoms with Crippen molar-refractivity contribution in [2.45, 2.75) is 26.3 Å². The Morgan fingerprint density at radius 3 is 2.32 bits per heavy atom. The van der Waals surface area contributed by atoms with E-state index in [0.717, 1.165) is 34.5 Å². The fraction of sp³-hybridized carbons (Fsp3) is 0.192. The molecule has 0 fully saturated rings. The summed E-state index contributed by atoms with van der Waals surface area (Å²) < 4.78 is 8.55. The van der Waals surface area contributed by atoms with Gasteiger partial charge in [0.1, 0.15) is 16.1 Å². The highest BCUT2D eigenvalue weighted by Gasteiger charge is 2.27. The third-order valence-electron chi connectivity index (χ3n) is 6.00. The molecule has 2 aromatic carbocycles. The minimum atomic E-state index is -0.517. The molecule has 11 heteroatoms. The SMILES string of the molecule is CCCc1nc(-n2c(Cl)ccc2Cl)c(C(=O)OC)n1Cc1ccc(-c2ccccc2-c2nn[nH]n2)cc1. The van der Waals surface area contributed by atoms with Crippen LogP contribution in [0.4, 0.5) is 0 Å². The number of nitrogens with zero attached hydrogens (tertiary/aromatic N) is 6. The maximum Gasteiger partial charge on any atom is 0.358 e. The molecule has 0 spiro atoms. The normalized spacial score (nSPS) is 11.1. The second-order valence-corrected chi connectivity index (χ2v) is 9.09. The second kappa shape index (κ2) is 10.6. The number of hydrogen-bond acceptors (Lipinski definition) is 6. The highest BCUT2D eigenvalue weighted by molar-refractivity contribution is 6.34. The van der Waals surface area contributed by atoms with Crippen LogP contribution in [0.2, 0.25) is 10.3 Å². The Kier molecular flexibility index (Phi) is 7.07. The van der Waals surface area contributed by atoms with Crippen molar-refractivity contribution in [1.29, 1.82) is 0 Å². The molecule has 0 aliphatic rings. The van der Waals surface area contributed by atoms with Gasteiger partial charge in [-0.1, -0.05) is 78.7 Å². The van der Waals surface area contributed by atoms with E-state index in [9.17, 15) is 4.79 Å². The van der Waals surface area contributed by atoms with Crippen LogP contribution in [0.25, 0.3) is 28.3 Å². The molecule has 0 amide bonds. The van der Waals surface area contributed by atoms with Gasteiger partial charge < -0.3 is 9.30 Å². The molecule has 0 bridgehead atoms. The highest BCUT2D eigenvalue weighted by atomic mass is 35.5. The molecule has 0 unspecified atom stereocenters. The molecule has 188 valence electrons. The van der Waals surface area contributed by atoms with Gasteiger partial charge in [0.15, 0.2) is 11.5 Å². The average molecular weight is 536 g/mol. The largest absolute Gasteiger partial charge is 0.464 e. The number of ether oxygens (including phenoxy) is 1. The predicted molar refractivity (Wildman–Crippen MR) is 141 cm³/mol. The van der Waals surface area contributed by atoms with Crippen molar-refractivity contribution in [2.24, 2.45) is 0 Å². The van der Waals surface area contributed by atoms with E-state index in [4.69, 9.17) is 32.9 Å². The molecule has 0 saturated heterocycles. The van der Waals surface area contributed by atoms with Crippen LogP contribution in [0.5, 0.6) is 0 Å². The maximum absolute atomic E-state index is 13.0. The monoisotopic (exact) mass is 535 g/mol. The molecule has 0 aliphatic heterocycles. The molecule has 0 atom stereocenters. The molecule has 1 N–H and O–H groups in total. The molecule has 3 aromatic heterocycles. The Bertz CT molecular complexity index is 1520. The number of H-pyrrole nitrogens is 1. The number of aryl methyl sites for hydroxylation is 1. The third kappa shape index (κ3) is 4.75. The van der Waals surface area contributed by atoms with Gasteiger partial charge in [-0.3, -0.25) is 4.57 Å². The smallest absolute Gasteiger partial charge is 0.358 e. The maximum atomic E-state index is 13.0. The number of carbonyl (C=O) groups is 1. The summed E-state index contributed by atoms with van der Waals surface area (Å²) in [6, 6.07) is 19.3. The molecule has 5 rings (SSSR count). The van der Waals surface area contributed by atoms with Crippen molar-refractivity contribution in [3.63, 3.8) is 0 Å². The lowest BCUT2D eigenvalue weighted by atomic mass is 9.98. The number of nitrogens with one attached hydrogen (secondary N) is 1. The summed E-state index contributed by atoms with van der Waals surface area (Å²) in [5.74, 6) is 1.10. The van der Waals surface area contributed by atoms with E-state index in [-0.39, 0.29) is 5.69 Å². The Morgan fingerprint density at radius 2 is 1.70 bits per heavy atom. The Morgan fingerprint density at radius 1 is 1.00 bits per heavy atom. The molecule has 0 radical (unpaired) electrons. The number of carbonyl (C=O) groups excluding carboxylic acids is 1. The van der Waals surface area contributed by atoms with Crippen LogP contribution in [0.1, 0.15) is 35.2 Å². The number of halogens is 2. The topological polar surface area (TPSA) is 104 Å². The minimum absolute atomic E-state index is 0.289. The number of methoxy groups -OCH3 is 1. The number of aromatic nitrogens is 7. The fourth-order valence-electron chi connectivity index (χ4n) is 4.29. The van der Waals surface area contributed by atoms with Gasteiger partial charge in [-0.25, -0.2) is 9.78 Å². The summed E-state index contributed by atoms with van der Waals surface area (Å²) >= 11 is 12.8. The predicted octanol–water partition coefficient (Wildman–Crippen LogP) is 5.62. The van der Waals surface area contributed by atoms with Crippen LogP contribution in [-0.4, -0.2) is 47.8 Å². The van der Waals surface area contributed by atoms with E-state index in [1.807, 2.05) is 53.1 Å². The number of benzene rings is 2. The second-order valence-electron chi connectivity index (χ2n) is 8.32. The van der Waals surface area contributed by atoms with Crippen LogP contribution < -0.4 is 0 Å². The van der Waals surface area contributed by atoms with Gasteiger partial charge >= 0.3 is 5.97 Å². The molecular formula is C26H23Cl2N7O2. The van der Waals surface area contributed by atoms with Crippen molar-refractivity contribution < 1.29 is 9.53 Å². The number of imidazole rings is 1. The van der Waals surface area contributed by atoms with E-state index in [1.54, 1.807) is 16.7 Å². The van der Waals surface area contributed by atoms with E-state index in [1.165, 1.54) is 7.11 Å². The number of tetrazole rings is 1. The number of hydrogen-bond donors (Lipinski definition) is 1. The minimum Gasteiger partial charge on any atom is -0.464 e. The van der Waals surface area contributed by atoms with E-state index >= 15 is 0 Å². The fourth-order valence-corrected chi connectivity index (χ4v) is 4.80. The van der Waals surface area contributed by atoms with Crippen LogP contribution >= 0.6 is 23.2 Å². The standard InChI is InChI=1S/C26H23Cl2N7O2/c1-3-6-22-29-25(35-20(27)13-14-21(35)28)23(26(36)37-2)34(22)15-16-9-11-17(12-10-16)18-7-4-5-8-19(18)24-30-32-33-31-24/h4-5,7-14H,3,6,15H2,1-2H3,(H,30,31,32,33). The molecule has 3 heterocycles. The van der Waals surface area contributed by atoms with Crippen molar-refractivity contribution in [2.75, 3.05) is 7.11 Å². The quantitative estimate of drug-likeness (QED) is 0.259. The zero-order valence-corrected chi connectivity index (χ0v) is 21.7. The van der Waals surface area contributed by atoms with Crippen molar-refractivity contribution in [1.82, 2.24) is 34.7 Å². The lowest BCUT2D eigenvalue weighted by Gasteiger charge is -2.13. The summed E-state index contributed by atoms with van der Waals surface area (Å²) in [5.41, 5.74) is 4.14. The number of aromatic amines is 1. The molecule has 0 aliphatic carbocycles. The molecule has 5 aromatic rings. The lowest BCUT2D eigenvalue weighted by Crippen LogP contribution is -2.16. The third-order valence-corrected chi connectivity index (χ3v) is 6.59. The zero-order chi connectivity index (χ0) is 25.9. The number of rotatable bonds is 8. The Balaban J connectivity index is 1.55. The van der Waals surface area contributed by atoms with E-state index in [2.05, 4.69) is 27.5 Å². The summed E-state index contributed by atoms with van der Waals surface area (Å²) in [4.78, 5) is 17.7. The first-order chi connectivity index (χ1) is 18.0. The van der Waals surface area contributed by atoms with Gasteiger partial charge in [0, 0.05) is 18.5 Å². The van der Waals surface area contributed by atoms with Crippen LogP contribution in [0.15, 0.2) is 60.7 Å². The van der Waals surface area contributed by atoms with Crippen LogP contribution in [0.3, 0.4) is 0 Å². The summed E-state index contributed by atoms with van der Waals surface area (Å²) in [5, 5.41) is 15.1. The summed E-state index contributed by atoms with van der Waals surface area (Å²) in [6.45, 7) is 2.47. The van der Waals surface area contributed by atoms with Crippen LogP contribution in [-0.2, 0) is 17.7 Å². The number of esters is 1. The van der Waals surface area contributed by atoms with Gasteiger partial charge in [-0.2, -0.15) is 5.21 Å². The highest BCUT2D eigenvalue weighted by Crippen LogP contribution is 2.31. The first-order valence-electron chi connectivity index (χ1n) is 11.6. The lowest BCUT2D eigenvalue weighted by molar-refractivity contribution is 0.0588. The average Bonchev–Trinajstić information content (AvgIpc) is 3.64. The summed E-state index contributed by atoms with van der Waals surface area (Å²) in [6.07, 6.45) is 1.51. The van der Waals surface area contributed by atoms with Crippen molar-refractivity contribution >= 4 is 29.2 Å². The first-order valence-corrected chi connectivity index (χ1v) is 12.4. The van der Waals surface area contributed by atoms with Gasteiger partial charge in [0.25, 0.3) is 0 Å². The molecule has 0 saturated carbocycles. The van der Waals surface area contributed by atoms with Gasteiger partial charge in [-0.15, -0.1) is 10.2 Å². The van der Waals surface area contributed by atoms with Crippen molar-refractivity contribution in [3.05, 3.63) is 88.1 Å². The summed E-state index contributed by atoms with van der Waals surface area (Å²) in [7, 11) is 1.35. The molecule has 37 heavy (non-hydrogen) atoms. The molecule has 9 nitrogen and oxygen atoms in total. The first kappa shape index (κ1) is 24.7. The van der Waals surface area contributed by atoms with Crippen LogP contribution in [0, 0.1) is 0 Å². The van der Waals surface area contributed by atoms with E-state index in [0.29, 0.717) is 34.9 Å². The molecular weight excluding hydrogens is 513 g/mol. The Hall–Kier alpha value is -3.95. The van der Waals surface area contributed by atoms with Gasteiger partial charge in [-0.05, 0) is 40.5 Å². The Labute approximate surface area is 223 Å². The zero-order valence-electron chi connectivity index (χ0n) is 20.2. The van der Waals surface area contributed by atoms with Gasteiger partial charge in [0.2, 0.25) is 5.82 Å². The van der Waals surface area contributed by atoms with Crippen molar-refractivity contribution in [3.8, 4) is 28.3 Å². The van der Waals surface area contributed by atoms with Gasteiger partial charge in [0.05, 0.1) is 7.11 Å². The van der Waals surface area contributed by atoms with E-state index < -0.39 is 5.97 Å².